The van der Waals surface area contributed by atoms with Crippen molar-refractivity contribution < 1.29 is 13.5 Å². The highest BCUT2D eigenvalue weighted by Crippen LogP contribution is 2.43. The Hall–Kier alpha value is -0.440. The molecule has 3 aliphatic carbocycles. The zero-order chi connectivity index (χ0) is 16.9. The largest absolute Gasteiger partial charge is 0.345 e. The number of halogens is 2. The lowest BCUT2D eigenvalue weighted by Crippen LogP contribution is -2.27. The molecule has 0 spiro atoms. The summed E-state index contributed by atoms with van der Waals surface area (Å²) in [5, 5.41) is 0. The minimum absolute atomic E-state index is 0.216. The molecule has 0 N–H and O–H groups in total. The number of allylic oxidation sites excluding steroid dienone is 2. The van der Waals surface area contributed by atoms with Crippen molar-refractivity contribution in [3.8, 4) is 0 Å². The molecule has 2 fully saturated rings. The van der Waals surface area contributed by atoms with Gasteiger partial charge in [0.05, 0.1) is 6.10 Å². The molecule has 138 valence electrons. The third-order valence-electron chi connectivity index (χ3n) is 7.12. The van der Waals surface area contributed by atoms with E-state index < -0.39 is 6.61 Å². The van der Waals surface area contributed by atoms with Crippen molar-refractivity contribution >= 4 is 0 Å². The maximum Gasteiger partial charge on any atom is 0.345 e. The van der Waals surface area contributed by atoms with Gasteiger partial charge >= 0.3 is 6.61 Å². The van der Waals surface area contributed by atoms with E-state index in [0.29, 0.717) is 5.92 Å². The molecule has 0 radical (unpaired) electrons. The number of ether oxygens (including phenoxy) is 1. The molecule has 0 bridgehead atoms. The summed E-state index contributed by atoms with van der Waals surface area (Å²) in [4.78, 5) is 0. The highest BCUT2D eigenvalue weighted by molar-refractivity contribution is 5.12. The van der Waals surface area contributed by atoms with Crippen LogP contribution in [0.15, 0.2) is 11.6 Å². The second kappa shape index (κ2) is 8.78. The molecule has 0 saturated heterocycles. The van der Waals surface area contributed by atoms with Crippen LogP contribution in [-0.2, 0) is 4.74 Å². The highest BCUT2D eigenvalue weighted by atomic mass is 19.3. The number of alkyl halides is 2. The predicted molar refractivity (Wildman–Crippen MR) is 94.0 cm³/mol. The Bertz CT molecular complexity index is 404. The van der Waals surface area contributed by atoms with E-state index >= 15 is 0 Å². The van der Waals surface area contributed by atoms with Crippen LogP contribution in [0.25, 0.3) is 0 Å². The van der Waals surface area contributed by atoms with Crippen LogP contribution in [0.4, 0.5) is 8.78 Å². The first-order valence-electron chi connectivity index (χ1n) is 10.3. The molecule has 1 nitrogen and oxygen atoms in total. The minimum Gasteiger partial charge on any atom is -0.320 e. The lowest BCUT2D eigenvalue weighted by molar-refractivity contribution is -0.170. The van der Waals surface area contributed by atoms with Gasteiger partial charge in [0.1, 0.15) is 0 Å². The van der Waals surface area contributed by atoms with E-state index in [1.165, 1.54) is 51.4 Å². The molecule has 0 aromatic rings. The standard InChI is InChI=1S/C21H34F2O/c1-2-15-3-5-16(6-4-15)17-7-9-18(10-8-17)19-11-13-20(14-12-19)24-21(22)23/h9,15-17,19-21H,2-8,10-14H2,1H3. The van der Waals surface area contributed by atoms with Crippen molar-refractivity contribution in [2.75, 3.05) is 0 Å². The van der Waals surface area contributed by atoms with Crippen molar-refractivity contribution in [2.45, 2.75) is 96.7 Å². The predicted octanol–water partition coefficient (Wildman–Crippen LogP) is 6.73. The minimum atomic E-state index is -2.61. The fraction of sp³-hybridized carbons (Fsp3) is 0.905. The summed E-state index contributed by atoms with van der Waals surface area (Å²) in [5.41, 5.74) is 1.63. The Morgan fingerprint density at radius 2 is 1.67 bits per heavy atom. The van der Waals surface area contributed by atoms with E-state index in [4.69, 9.17) is 0 Å². The Balaban J connectivity index is 1.43. The van der Waals surface area contributed by atoms with Crippen LogP contribution in [0, 0.1) is 23.7 Å². The first kappa shape index (κ1) is 18.4. The Morgan fingerprint density at radius 3 is 2.21 bits per heavy atom. The summed E-state index contributed by atoms with van der Waals surface area (Å²) < 4.78 is 29.3. The molecule has 0 aliphatic heterocycles. The van der Waals surface area contributed by atoms with Crippen LogP contribution in [0.1, 0.15) is 84.0 Å². The van der Waals surface area contributed by atoms with Crippen molar-refractivity contribution in [1.82, 2.24) is 0 Å². The molecule has 0 aromatic carbocycles. The van der Waals surface area contributed by atoms with E-state index in [1.807, 2.05) is 0 Å². The second-order valence-electron chi connectivity index (χ2n) is 8.37. The summed E-state index contributed by atoms with van der Waals surface area (Å²) in [6.45, 7) is -0.272. The van der Waals surface area contributed by atoms with Crippen molar-refractivity contribution in [1.29, 1.82) is 0 Å². The van der Waals surface area contributed by atoms with Crippen LogP contribution in [0.2, 0.25) is 0 Å². The molecule has 3 aliphatic rings. The van der Waals surface area contributed by atoms with E-state index in [1.54, 1.807) is 5.57 Å². The third-order valence-corrected chi connectivity index (χ3v) is 7.12. The molecule has 3 heteroatoms. The molecular weight excluding hydrogens is 306 g/mol. The highest BCUT2D eigenvalue weighted by Gasteiger charge is 2.31. The van der Waals surface area contributed by atoms with Gasteiger partial charge in [0.25, 0.3) is 0 Å². The fourth-order valence-corrected chi connectivity index (χ4v) is 5.46. The molecule has 1 unspecified atom stereocenters. The topological polar surface area (TPSA) is 9.23 Å². The van der Waals surface area contributed by atoms with Gasteiger partial charge in [-0.15, -0.1) is 0 Å². The SMILES string of the molecule is CCC1CCC(C2CC=C(C3CCC(OC(F)F)CC3)CC2)CC1. The van der Waals surface area contributed by atoms with Crippen LogP contribution < -0.4 is 0 Å². The van der Waals surface area contributed by atoms with Gasteiger partial charge in [-0.25, -0.2) is 0 Å². The van der Waals surface area contributed by atoms with Crippen LogP contribution in [-0.4, -0.2) is 12.7 Å². The van der Waals surface area contributed by atoms with Gasteiger partial charge in [-0.05, 0) is 81.5 Å². The van der Waals surface area contributed by atoms with Gasteiger partial charge in [0.15, 0.2) is 0 Å². The molecular formula is C21H34F2O. The summed E-state index contributed by atoms with van der Waals surface area (Å²) in [6, 6.07) is 0. The summed E-state index contributed by atoms with van der Waals surface area (Å²) >= 11 is 0. The van der Waals surface area contributed by atoms with Gasteiger partial charge in [0.2, 0.25) is 0 Å². The van der Waals surface area contributed by atoms with E-state index in [0.717, 1.165) is 43.4 Å². The lowest BCUT2D eigenvalue weighted by Gasteiger charge is -2.37. The van der Waals surface area contributed by atoms with E-state index in [9.17, 15) is 8.78 Å². The molecule has 0 aromatic heterocycles. The first-order chi connectivity index (χ1) is 11.7. The van der Waals surface area contributed by atoms with Gasteiger partial charge in [-0.3, -0.25) is 0 Å². The average Bonchev–Trinajstić information content (AvgIpc) is 2.62. The van der Waals surface area contributed by atoms with Gasteiger partial charge < -0.3 is 4.74 Å². The van der Waals surface area contributed by atoms with Crippen molar-refractivity contribution in [3.63, 3.8) is 0 Å². The third kappa shape index (κ3) is 4.80. The zero-order valence-corrected chi connectivity index (χ0v) is 15.2. The quantitative estimate of drug-likeness (QED) is 0.504. The normalized spacial score (nSPS) is 38.2. The number of hydrogen-bond acceptors (Lipinski definition) is 1. The number of rotatable bonds is 5. The fourth-order valence-electron chi connectivity index (χ4n) is 5.46. The number of hydrogen-bond donors (Lipinski definition) is 0. The summed E-state index contributed by atoms with van der Waals surface area (Å²) in [5.74, 6) is 3.49. The van der Waals surface area contributed by atoms with Gasteiger partial charge in [-0.2, -0.15) is 8.78 Å². The maximum atomic E-state index is 12.3. The molecule has 0 amide bonds. The second-order valence-corrected chi connectivity index (χ2v) is 8.37. The smallest absolute Gasteiger partial charge is 0.320 e. The Morgan fingerprint density at radius 1 is 0.958 bits per heavy atom. The molecule has 0 heterocycles. The molecule has 2 saturated carbocycles. The van der Waals surface area contributed by atoms with Crippen molar-refractivity contribution in [3.05, 3.63) is 11.6 Å². The van der Waals surface area contributed by atoms with Crippen molar-refractivity contribution in [2.24, 2.45) is 23.7 Å². The zero-order valence-electron chi connectivity index (χ0n) is 15.2. The first-order valence-corrected chi connectivity index (χ1v) is 10.3. The van der Waals surface area contributed by atoms with Gasteiger partial charge in [0, 0.05) is 0 Å². The van der Waals surface area contributed by atoms with E-state index in [-0.39, 0.29) is 6.10 Å². The van der Waals surface area contributed by atoms with Gasteiger partial charge in [-0.1, -0.05) is 37.8 Å². The van der Waals surface area contributed by atoms with Crippen LogP contribution in [0.5, 0.6) is 0 Å². The Kier molecular flexibility index (Phi) is 6.71. The van der Waals surface area contributed by atoms with Crippen LogP contribution >= 0.6 is 0 Å². The van der Waals surface area contributed by atoms with Crippen LogP contribution in [0.3, 0.4) is 0 Å². The Labute approximate surface area is 146 Å². The summed E-state index contributed by atoms with van der Waals surface area (Å²) in [7, 11) is 0. The maximum absolute atomic E-state index is 12.3. The molecule has 1 atom stereocenters. The molecule has 3 rings (SSSR count). The monoisotopic (exact) mass is 340 g/mol. The summed E-state index contributed by atoms with van der Waals surface area (Å²) in [6.07, 6.45) is 17.0. The average molecular weight is 340 g/mol. The molecule has 24 heavy (non-hydrogen) atoms. The van der Waals surface area contributed by atoms with E-state index in [2.05, 4.69) is 17.7 Å². The lowest BCUT2D eigenvalue weighted by atomic mass is 9.69.